The van der Waals surface area contributed by atoms with E-state index in [2.05, 4.69) is 72.9 Å². The highest BCUT2D eigenvalue weighted by molar-refractivity contribution is 5.76. The van der Waals surface area contributed by atoms with E-state index < -0.39 is 0 Å². The van der Waals surface area contributed by atoms with E-state index in [1.807, 2.05) is 0 Å². The Hall–Kier alpha value is -0.830. The van der Waals surface area contributed by atoms with Crippen molar-refractivity contribution >= 4 is 5.91 Å². The maximum atomic E-state index is 12.3. The van der Waals surface area contributed by atoms with Gasteiger partial charge in [0.2, 0.25) is 5.91 Å². The minimum absolute atomic E-state index is 0.0800. The van der Waals surface area contributed by atoms with Crippen LogP contribution in [0.5, 0.6) is 0 Å². The molecule has 3 unspecified atom stereocenters. The number of hydrogen-bond donors (Lipinski definition) is 1. The molecule has 3 heteroatoms. The van der Waals surface area contributed by atoms with E-state index in [0.29, 0.717) is 42.1 Å². The molecule has 3 nitrogen and oxygen atoms in total. The molecule has 0 bridgehead atoms. The van der Waals surface area contributed by atoms with Crippen molar-refractivity contribution in [3.05, 3.63) is 12.2 Å². The lowest BCUT2D eigenvalue weighted by Gasteiger charge is -2.43. The first-order chi connectivity index (χ1) is 13.3. The van der Waals surface area contributed by atoms with Gasteiger partial charge in [-0.2, -0.15) is 0 Å². The van der Waals surface area contributed by atoms with Gasteiger partial charge in [0.1, 0.15) is 0 Å². The maximum absolute atomic E-state index is 12.3. The van der Waals surface area contributed by atoms with Gasteiger partial charge in [-0.05, 0) is 42.4 Å². The normalized spacial score (nSPS) is 31.5. The summed E-state index contributed by atoms with van der Waals surface area (Å²) < 4.78 is 6.44. The highest BCUT2D eigenvalue weighted by Gasteiger charge is 2.37. The second-order valence-electron chi connectivity index (χ2n) is 9.33. The summed E-state index contributed by atoms with van der Waals surface area (Å²) in [4.78, 5) is 12.3. The van der Waals surface area contributed by atoms with Gasteiger partial charge < -0.3 is 10.1 Å². The summed E-state index contributed by atoms with van der Waals surface area (Å²) in [7, 11) is 0. The first kappa shape index (κ1) is 25.2. The van der Waals surface area contributed by atoms with Crippen molar-refractivity contribution in [2.75, 3.05) is 0 Å². The summed E-state index contributed by atoms with van der Waals surface area (Å²) >= 11 is 0. The molecule has 0 aromatic carbocycles. The van der Waals surface area contributed by atoms with Gasteiger partial charge in [0.15, 0.2) is 0 Å². The molecule has 28 heavy (non-hydrogen) atoms. The molecule has 0 saturated carbocycles. The third kappa shape index (κ3) is 7.21. The Kier molecular flexibility index (Phi) is 11.4. The molecule has 1 fully saturated rings. The number of unbranched alkanes of at least 4 members (excludes halogenated alkanes) is 1. The van der Waals surface area contributed by atoms with Crippen LogP contribution in [0.3, 0.4) is 0 Å². The van der Waals surface area contributed by atoms with Crippen molar-refractivity contribution < 1.29 is 9.53 Å². The standard InChI is InChI=1S/C25H47NO2/c1-9-12-14-17(4)18(5)22(26-25(27)13-10-2)15-16-24-21(8)19(6)20(7)23(11-3)28-24/h15-24H,9-14H2,1-8H3,(H,26,27)/b16-15-/t17-,18-,19?,20-,21?,22+,23?,24+/m1/s1. The van der Waals surface area contributed by atoms with E-state index in [1.54, 1.807) is 0 Å². The predicted molar refractivity (Wildman–Crippen MR) is 120 cm³/mol. The highest BCUT2D eigenvalue weighted by atomic mass is 16.5. The second kappa shape index (κ2) is 12.7. The molecule has 0 radical (unpaired) electrons. The van der Waals surface area contributed by atoms with Gasteiger partial charge in [0.25, 0.3) is 0 Å². The Bertz CT molecular complexity index is 473. The van der Waals surface area contributed by atoms with Crippen molar-refractivity contribution in [3.63, 3.8) is 0 Å². The molecular weight excluding hydrogens is 346 g/mol. The molecule has 0 aromatic heterocycles. The van der Waals surface area contributed by atoms with Gasteiger partial charge in [-0.15, -0.1) is 0 Å². The van der Waals surface area contributed by atoms with Crippen LogP contribution in [0.4, 0.5) is 0 Å². The number of nitrogens with one attached hydrogen (secondary N) is 1. The second-order valence-corrected chi connectivity index (χ2v) is 9.33. The van der Waals surface area contributed by atoms with Crippen molar-refractivity contribution in [3.8, 4) is 0 Å². The molecule has 1 heterocycles. The number of ether oxygens (including phenoxy) is 1. The summed E-state index contributed by atoms with van der Waals surface area (Å²) in [6, 6.07) is 0.0800. The highest BCUT2D eigenvalue weighted by Crippen LogP contribution is 2.36. The van der Waals surface area contributed by atoms with Crippen LogP contribution in [-0.2, 0) is 9.53 Å². The van der Waals surface area contributed by atoms with E-state index in [4.69, 9.17) is 4.74 Å². The summed E-state index contributed by atoms with van der Waals surface area (Å²) in [5.41, 5.74) is 0. The van der Waals surface area contributed by atoms with E-state index in [9.17, 15) is 4.79 Å². The largest absolute Gasteiger partial charge is 0.370 e. The van der Waals surface area contributed by atoms with E-state index in [-0.39, 0.29) is 18.1 Å². The lowest BCUT2D eigenvalue weighted by molar-refractivity contribution is -0.122. The minimum Gasteiger partial charge on any atom is -0.370 e. The first-order valence-corrected chi connectivity index (χ1v) is 11.9. The van der Waals surface area contributed by atoms with Crippen LogP contribution in [0.15, 0.2) is 12.2 Å². The van der Waals surface area contributed by atoms with Gasteiger partial charge in [0, 0.05) is 12.5 Å². The molecule has 0 spiro atoms. The van der Waals surface area contributed by atoms with Crippen molar-refractivity contribution in [2.24, 2.45) is 29.6 Å². The van der Waals surface area contributed by atoms with Gasteiger partial charge >= 0.3 is 0 Å². The lowest BCUT2D eigenvalue weighted by atomic mass is 9.75. The topological polar surface area (TPSA) is 38.3 Å². The molecule has 164 valence electrons. The first-order valence-electron chi connectivity index (χ1n) is 11.9. The molecule has 1 aliphatic rings. The van der Waals surface area contributed by atoms with E-state index in [0.717, 1.165) is 12.8 Å². The quantitative estimate of drug-likeness (QED) is 0.414. The smallest absolute Gasteiger partial charge is 0.220 e. The number of carbonyl (C=O) groups is 1. The number of amides is 1. The number of rotatable bonds is 11. The van der Waals surface area contributed by atoms with Crippen LogP contribution in [0.1, 0.15) is 93.9 Å². The maximum Gasteiger partial charge on any atom is 0.220 e. The minimum atomic E-state index is 0.0800. The summed E-state index contributed by atoms with van der Waals surface area (Å²) in [6.45, 7) is 18.1. The molecule has 1 N–H and O–H groups in total. The number of hydrogen-bond acceptors (Lipinski definition) is 2. The zero-order valence-electron chi connectivity index (χ0n) is 19.8. The van der Waals surface area contributed by atoms with Crippen molar-refractivity contribution in [1.82, 2.24) is 5.32 Å². The predicted octanol–water partition coefficient (Wildman–Crippen LogP) is 6.38. The van der Waals surface area contributed by atoms with E-state index >= 15 is 0 Å². The fourth-order valence-electron chi connectivity index (χ4n) is 4.47. The van der Waals surface area contributed by atoms with Gasteiger partial charge in [-0.3, -0.25) is 4.79 Å². The van der Waals surface area contributed by atoms with E-state index in [1.165, 1.54) is 19.3 Å². The molecular formula is C25H47NO2. The lowest BCUT2D eigenvalue weighted by Crippen LogP contribution is -2.44. The molecule has 1 rings (SSSR count). The third-order valence-electron chi connectivity index (χ3n) is 7.29. The molecule has 8 atom stereocenters. The Morgan fingerprint density at radius 2 is 1.71 bits per heavy atom. The molecule has 1 amide bonds. The van der Waals surface area contributed by atoms with Gasteiger partial charge in [-0.25, -0.2) is 0 Å². The molecule has 0 aliphatic carbocycles. The SMILES string of the molecule is CCCC[C@@H](C)[C@@H](C)[C@H](/C=C\[C@@H]1OC(CC)[C@H](C)C(C)C1C)NC(=O)CCC. The molecule has 0 aromatic rings. The average Bonchev–Trinajstić information content (AvgIpc) is 2.68. The summed E-state index contributed by atoms with van der Waals surface area (Å²) in [6.07, 6.45) is 11.2. The Morgan fingerprint density at radius 1 is 1.04 bits per heavy atom. The monoisotopic (exact) mass is 393 g/mol. The third-order valence-corrected chi connectivity index (χ3v) is 7.29. The zero-order chi connectivity index (χ0) is 21.3. The molecule has 1 saturated heterocycles. The molecule has 1 aliphatic heterocycles. The van der Waals surface area contributed by atoms with Crippen LogP contribution in [-0.4, -0.2) is 24.2 Å². The van der Waals surface area contributed by atoms with Crippen LogP contribution in [0.25, 0.3) is 0 Å². The Balaban J connectivity index is 2.92. The number of carbonyl (C=O) groups excluding carboxylic acids is 1. The Morgan fingerprint density at radius 3 is 2.29 bits per heavy atom. The van der Waals surface area contributed by atoms with Crippen LogP contribution >= 0.6 is 0 Å². The van der Waals surface area contributed by atoms with Crippen LogP contribution < -0.4 is 5.32 Å². The fraction of sp³-hybridized carbons (Fsp3) is 0.880. The summed E-state index contributed by atoms with van der Waals surface area (Å²) in [5, 5.41) is 3.29. The van der Waals surface area contributed by atoms with Gasteiger partial charge in [-0.1, -0.05) is 86.8 Å². The Labute approximate surface area is 175 Å². The van der Waals surface area contributed by atoms with Gasteiger partial charge in [0.05, 0.1) is 12.2 Å². The average molecular weight is 394 g/mol. The van der Waals surface area contributed by atoms with Crippen molar-refractivity contribution in [1.29, 1.82) is 0 Å². The van der Waals surface area contributed by atoms with Crippen LogP contribution in [0.2, 0.25) is 0 Å². The summed E-state index contributed by atoms with van der Waals surface area (Å²) in [5.74, 6) is 2.90. The van der Waals surface area contributed by atoms with Crippen LogP contribution in [0, 0.1) is 29.6 Å². The zero-order valence-corrected chi connectivity index (χ0v) is 19.8. The fourth-order valence-corrected chi connectivity index (χ4v) is 4.47. The van der Waals surface area contributed by atoms with Crippen molar-refractivity contribution in [2.45, 2.75) is 112 Å².